The molecule has 1 N–H and O–H groups in total. The van der Waals surface area contributed by atoms with Crippen molar-refractivity contribution < 1.29 is 96.9 Å². The number of carbonyl (C=O) groups is 4. The molecule has 448 valence electrons. The summed E-state index contributed by atoms with van der Waals surface area (Å²) in [6.45, 7) is 20.1. The molecule has 4 aromatic rings. The fourth-order valence-electron chi connectivity index (χ4n) is 6.37. The van der Waals surface area contributed by atoms with Crippen molar-refractivity contribution in [2.45, 2.75) is 125 Å². The summed E-state index contributed by atoms with van der Waals surface area (Å²) in [6.07, 6.45) is -4.06. The Balaban J connectivity index is -0.000000991. The number of alkyl halides is 4. The Labute approximate surface area is 475 Å². The van der Waals surface area contributed by atoms with Gasteiger partial charge in [-0.3, -0.25) is 0 Å². The molecule has 4 aromatic carbocycles. The minimum Gasteiger partial charge on any atom is -1.00 e. The predicted octanol–water partition coefficient (Wildman–Crippen LogP) is 7.61. The number of hydrogen-bond donors (Lipinski definition) is 0. The Kier molecular flexibility index (Phi) is 33.1. The fourth-order valence-corrected chi connectivity index (χ4v) is 6.37. The molecule has 19 heteroatoms. The molecule has 0 aliphatic rings. The lowest BCUT2D eigenvalue weighted by atomic mass is 10.0. The number of quaternary nitrogens is 3. The van der Waals surface area contributed by atoms with Gasteiger partial charge in [-0.25, -0.2) is 14.4 Å². The maximum atomic E-state index is 14.3. The predicted molar refractivity (Wildman–Crippen MR) is 296 cm³/mol. The maximum Gasteiger partial charge on any atom is 0.381 e. The van der Waals surface area contributed by atoms with E-state index >= 15 is 0 Å². The van der Waals surface area contributed by atoms with E-state index in [2.05, 4.69) is 136 Å². The molecule has 0 saturated carbocycles. The highest BCUT2D eigenvalue weighted by Crippen LogP contribution is 2.31. The van der Waals surface area contributed by atoms with Crippen molar-refractivity contribution >= 4 is 23.9 Å². The summed E-state index contributed by atoms with van der Waals surface area (Å²) in [5.41, 5.74) is 2.06. The van der Waals surface area contributed by atoms with E-state index < -0.39 is 71.0 Å². The number of carboxylic acids is 1. The standard InChI is InChI=1S/C19H26F2O5.C17H22F2O5.2C10H16N.C4H12N.ClH.H2O/c1-7-24-17(23)19(20,21)15(12(2)3)25-16(22)13-8-10-14(11-9-13)26-18(4,5)6;1-10(2)13(17(18,19)15(21)22)23-14(20)11-6-8-12(9-7-11)24-16(3,4)5;2*1-11(2,3)9-10-7-5-4-6-8-10;1-5(2,3)4;;/h8-12,15H,7H2,1-6H3;6-10,13H,1-5H3,(H,21,22);2*4-8H,9H2,1-3H3;1-4H3;1H;1H2/q;;3*+1;;/p-3. The first-order valence-electron chi connectivity index (χ1n) is 25.5. The monoisotopic (exact) mass is 1140 g/mol. The fraction of sp³-hybridized carbons (Fsp3) is 0.533. The molecule has 0 spiro atoms. The third-order valence-electron chi connectivity index (χ3n) is 9.24. The molecule has 0 aromatic heterocycles. The molecule has 0 heterocycles. The van der Waals surface area contributed by atoms with E-state index in [4.69, 9.17) is 18.9 Å². The SMILES string of the molecule is CC(C)C(OC(=O)c1ccc(OC(C)(C)C)cc1)C(F)(F)C(=O)[O-].CCOC(=O)C(F)(F)C(OC(=O)c1ccc(OC(C)(C)C)cc1)C(C)C.C[N+](C)(C)C.C[N+](C)(C)Cc1ccccc1.C[N+](C)(C)Cc1ccccc1.[Cl-].[OH-]. The van der Waals surface area contributed by atoms with Gasteiger partial charge in [0.15, 0.2) is 12.2 Å². The molecule has 4 rings (SSSR count). The van der Waals surface area contributed by atoms with Crippen molar-refractivity contribution in [3.63, 3.8) is 0 Å². The number of nitrogens with zero attached hydrogens (tertiary/aromatic N) is 3. The molecule has 0 aliphatic carbocycles. The number of halogens is 5. The van der Waals surface area contributed by atoms with E-state index in [-0.39, 0.29) is 35.6 Å². The first-order valence-corrected chi connectivity index (χ1v) is 25.5. The lowest BCUT2D eigenvalue weighted by Crippen LogP contribution is -3.00. The minimum atomic E-state index is -4.28. The molecule has 2 atom stereocenters. The molecule has 0 amide bonds. The third-order valence-corrected chi connectivity index (χ3v) is 9.24. The van der Waals surface area contributed by atoms with Crippen LogP contribution in [-0.4, -0.2) is 155 Å². The van der Waals surface area contributed by atoms with Crippen LogP contribution in [0.1, 0.15) is 108 Å². The lowest BCUT2D eigenvalue weighted by Gasteiger charge is -2.30. The van der Waals surface area contributed by atoms with Crippen molar-refractivity contribution in [3.8, 4) is 11.5 Å². The van der Waals surface area contributed by atoms with Crippen LogP contribution in [0.3, 0.4) is 0 Å². The second-order valence-corrected chi connectivity index (χ2v) is 24.4. The van der Waals surface area contributed by atoms with Gasteiger partial charge < -0.3 is 64.9 Å². The van der Waals surface area contributed by atoms with Crippen LogP contribution in [0.2, 0.25) is 0 Å². The molecule has 0 aliphatic heterocycles. The normalized spacial score (nSPS) is 12.4. The number of carbonyl (C=O) groups excluding carboxylic acids is 4. The topological polar surface area (TPSA) is 167 Å². The van der Waals surface area contributed by atoms with Gasteiger partial charge in [-0.05, 0) is 109 Å². The summed E-state index contributed by atoms with van der Waals surface area (Å²) in [7, 11) is 21.7. The highest BCUT2D eigenvalue weighted by atomic mass is 35.5. The molecular formula is C60H92ClF4N3O11. The summed E-state index contributed by atoms with van der Waals surface area (Å²) >= 11 is 0. The van der Waals surface area contributed by atoms with Gasteiger partial charge >= 0.3 is 29.8 Å². The van der Waals surface area contributed by atoms with Crippen LogP contribution < -0.4 is 27.0 Å². The lowest BCUT2D eigenvalue weighted by molar-refractivity contribution is -0.884. The van der Waals surface area contributed by atoms with Gasteiger partial charge in [0.1, 0.15) is 41.8 Å². The van der Waals surface area contributed by atoms with E-state index in [1.54, 1.807) is 12.1 Å². The smallest absolute Gasteiger partial charge is 0.381 e. The van der Waals surface area contributed by atoms with Crippen LogP contribution in [0.5, 0.6) is 11.5 Å². The average molecular weight is 1140 g/mol. The number of ether oxygens (including phenoxy) is 5. The molecular weight excluding hydrogens is 1050 g/mol. The minimum absolute atomic E-state index is 0. The molecule has 14 nitrogen and oxygen atoms in total. The maximum absolute atomic E-state index is 14.3. The van der Waals surface area contributed by atoms with E-state index in [1.165, 1.54) is 82.1 Å². The number of benzene rings is 4. The number of aliphatic carboxylic acids is 1. The van der Waals surface area contributed by atoms with Gasteiger partial charge in [0, 0.05) is 11.1 Å². The zero-order valence-corrected chi connectivity index (χ0v) is 51.3. The van der Waals surface area contributed by atoms with Gasteiger partial charge in [0.2, 0.25) is 0 Å². The molecule has 0 radical (unpaired) electrons. The van der Waals surface area contributed by atoms with Crippen LogP contribution in [0.25, 0.3) is 0 Å². The summed E-state index contributed by atoms with van der Waals surface area (Å²) in [4.78, 5) is 46.4. The van der Waals surface area contributed by atoms with Gasteiger partial charge in [-0.1, -0.05) is 88.4 Å². The molecule has 79 heavy (non-hydrogen) atoms. The van der Waals surface area contributed by atoms with Gasteiger partial charge in [-0.2, -0.15) is 17.6 Å². The van der Waals surface area contributed by atoms with Gasteiger partial charge in [0.05, 0.1) is 88.2 Å². The second kappa shape index (κ2) is 33.7. The largest absolute Gasteiger partial charge is 1.00 e. The second-order valence-electron chi connectivity index (χ2n) is 24.4. The van der Waals surface area contributed by atoms with Gasteiger partial charge in [-0.15, -0.1) is 0 Å². The van der Waals surface area contributed by atoms with Crippen molar-refractivity contribution in [3.05, 3.63) is 131 Å². The summed E-state index contributed by atoms with van der Waals surface area (Å²) in [5.74, 6) is -15.2. The first kappa shape index (κ1) is 77.4. The van der Waals surface area contributed by atoms with E-state index in [1.807, 2.05) is 41.5 Å². The summed E-state index contributed by atoms with van der Waals surface area (Å²) in [5, 5.41) is 10.6. The van der Waals surface area contributed by atoms with E-state index in [9.17, 15) is 41.8 Å². The Hall–Kier alpha value is -5.79. The number of carboxylic acid groups (broad SMARTS) is 1. The molecule has 0 saturated heterocycles. The summed E-state index contributed by atoms with van der Waals surface area (Å²) in [6, 6.07) is 32.8. The zero-order valence-electron chi connectivity index (χ0n) is 50.6. The van der Waals surface area contributed by atoms with Crippen molar-refractivity contribution in [2.75, 3.05) is 77.1 Å². The third kappa shape index (κ3) is 34.7. The van der Waals surface area contributed by atoms with E-state index in [0.29, 0.717) is 11.5 Å². The van der Waals surface area contributed by atoms with Gasteiger partial charge in [0.25, 0.3) is 0 Å². The number of hydrogen-bond acceptors (Lipinski definition) is 11. The zero-order chi connectivity index (χ0) is 60.0. The van der Waals surface area contributed by atoms with Crippen LogP contribution in [0, 0.1) is 11.8 Å². The number of esters is 3. The van der Waals surface area contributed by atoms with Crippen LogP contribution in [-0.2, 0) is 36.9 Å². The van der Waals surface area contributed by atoms with Crippen LogP contribution >= 0.6 is 0 Å². The molecule has 2 unspecified atom stereocenters. The highest BCUT2D eigenvalue weighted by Gasteiger charge is 2.53. The summed E-state index contributed by atoms with van der Waals surface area (Å²) < 4.78 is 84.0. The molecule has 0 fully saturated rings. The number of rotatable bonds is 17. The Morgan fingerprint density at radius 1 is 0.506 bits per heavy atom. The first-order chi connectivity index (χ1) is 34.9. The highest BCUT2D eigenvalue weighted by molar-refractivity contribution is 5.91. The van der Waals surface area contributed by atoms with Crippen molar-refractivity contribution in [2.24, 2.45) is 11.8 Å². The van der Waals surface area contributed by atoms with Crippen LogP contribution in [0.15, 0.2) is 109 Å². The van der Waals surface area contributed by atoms with Crippen LogP contribution in [0.4, 0.5) is 17.6 Å². The Morgan fingerprint density at radius 2 is 0.785 bits per heavy atom. The van der Waals surface area contributed by atoms with Crippen molar-refractivity contribution in [1.29, 1.82) is 0 Å². The van der Waals surface area contributed by atoms with E-state index in [0.717, 1.165) is 26.5 Å². The van der Waals surface area contributed by atoms with Crippen molar-refractivity contribution in [1.82, 2.24) is 0 Å². The average Bonchev–Trinajstić information content (AvgIpc) is 3.26. The Morgan fingerprint density at radius 3 is 1.01 bits per heavy atom. The Bertz CT molecular complexity index is 2300. The quantitative estimate of drug-likeness (QED) is 0.0442. The molecule has 0 bridgehead atoms.